The zero-order valence-electron chi connectivity index (χ0n) is 6.02. The van der Waals surface area contributed by atoms with Crippen LogP contribution in [-0.2, 0) is 4.79 Å². The topological polar surface area (TPSA) is 58.9 Å². The lowest BCUT2D eigenvalue weighted by Gasteiger charge is -2.07. The quantitative estimate of drug-likeness (QED) is 0.489. The van der Waals surface area contributed by atoms with E-state index < -0.39 is 6.03 Å². The van der Waals surface area contributed by atoms with Crippen LogP contribution in [0.1, 0.15) is 0 Å². The summed E-state index contributed by atoms with van der Waals surface area (Å²) >= 11 is 0. The van der Waals surface area contributed by atoms with Gasteiger partial charge < -0.3 is 0 Å². The maximum absolute atomic E-state index is 10.8. The number of hydrogen-bond acceptors (Lipinski definition) is 2. The van der Waals surface area contributed by atoms with Gasteiger partial charge in [0.2, 0.25) is 0 Å². The highest BCUT2D eigenvalue weighted by atomic mass is 16.2. The van der Waals surface area contributed by atoms with Gasteiger partial charge in [0.15, 0.2) is 5.78 Å². The Morgan fingerprint density at radius 2 is 2.00 bits per heavy atom. The van der Waals surface area contributed by atoms with Crippen LogP contribution >= 0.6 is 0 Å². The van der Waals surface area contributed by atoms with E-state index in [1.165, 1.54) is 24.4 Å². The lowest BCUT2D eigenvalue weighted by Crippen LogP contribution is -2.14. The predicted molar refractivity (Wildman–Crippen MR) is 43.6 cm³/mol. The van der Waals surface area contributed by atoms with Crippen LogP contribution in [0, 0.1) is 0 Å². The number of aliphatic imine (C=N–C) groups is 2. The van der Waals surface area contributed by atoms with Gasteiger partial charge in [-0.2, -0.15) is 9.98 Å². The standard InChI is InChI=1S/C8H4N2O2/c11-6-1-2-7-5(3-6)4-9-8(12)10-7/h1-4H. The summed E-state index contributed by atoms with van der Waals surface area (Å²) < 4.78 is 0. The van der Waals surface area contributed by atoms with E-state index in [4.69, 9.17) is 0 Å². The van der Waals surface area contributed by atoms with Gasteiger partial charge in [-0.15, -0.1) is 0 Å². The number of carbonyl (C=O) groups is 2. The van der Waals surface area contributed by atoms with Crippen molar-refractivity contribution in [1.29, 1.82) is 0 Å². The molecule has 0 saturated heterocycles. The zero-order valence-corrected chi connectivity index (χ0v) is 6.02. The molecule has 58 valence electrons. The largest absolute Gasteiger partial charge is 0.367 e. The molecule has 0 atom stereocenters. The van der Waals surface area contributed by atoms with Crippen LogP contribution < -0.4 is 0 Å². The van der Waals surface area contributed by atoms with Crippen molar-refractivity contribution in [1.82, 2.24) is 0 Å². The molecule has 1 heterocycles. The second-order valence-electron chi connectivity index (χ2n) is 2.37. The van der Waals surface area contributed by atoms with Crippen molar-refractivity contribution in [3.63, 3.8) is 0 Å². The lowest BCUT2D eigenvalue weighted by molar-refractivity contribution is -0.110. The molecule has 0 aromatic rings. The summed E-state index contributed by atoms with van der Waals surface area (Å²) in [5, 5.41) is 0. The minimum Gasteiger partial charge on any atom is -0.290 e. The SMILES string of the molecule is O=C1C=CC2=NC(=O)N=CC2=C1. The number of fused-ring (bicyclic) bond motifs is 1. The van der Waals surface area contributed by atoms with Crippen molar-refractivity contribution in [2.24, 2.45) is 9.98 Å². The third kappa shape index (κ3) is 1.03. The highest BCUT2D eigenvalue weighted by molar-refractivity contribution is 6.32. The van der Waals surface area contributed by atoms with E-state index in [2.05, 4.69) is 9.98 Å². The molecule has 4 heteroatoms. The highest BCUT2D eigenvalue weighted by Crippen LogP contribution is 2.09. The molecular formula is C8H4N2O2. The van der Waals surface area contributed by atoms with Gasteiger partial charge in [0.25, 0.3) is 0 Å². The Balaban J connectivity index is 2.48. The third-order valence-electron chi connectivity index (χ3n) is 1.53. The Hall–Kier alpha value is -1.84. The van der Waals surface area contributed by atoms with E-state index in [0.717, 1.165) is 0 Å². The number of urea groups is 1. The average molecular weight is 160 g/mol. The van der Waals surface area contributed by atoms with Crippen molar-refractivity contribution in [2.75, 3.05) is 0 Å². The Morgan fingerprint density at radius 1 is 1.17 bits per heavy atom. The van der Waals surface area contributed by atoms with Crippen molar-refractivity contribution in [3.05, 3.63) is 23.8 Å². The molecule has 1 aliphatic carbocycles. The molecule has 0 radical (unpaired) electrons. The van der Waals surface area contributed by atoms with Gasteiger partial charge in [0.1, 0.15) is 0 Å². The summed E-state index contributed by atoms with van der Waals surface area (Å²) in [4.78, 5) is 28.6. The molecule has 0 N–H and O–H groups in total. The van der Waals surface area contributed by atoms with Gasteiger partial charge in [-0.25, -0.2) is 4.79 Å². The number of carbonyl (C=O) groups excluding carboxylic acids is 2. The maximum Gasteiger partial charge on any atom is 0.367 e. The molecule has 0 spiro atoms. The molecular weight excluding hydrogens is 156 g/mol. The van der Waals surface area contributed by atoms with E-state index in [-0.39, 0.29) is 5.78 Å². The molecule has 0 aromatic heterocycles. The molecule has 0 aromatic carbocycles. The molecule has 2 aliphatic rings. The highest BCUT2D eigenvalue weighted by Gasteiger charge is 2.14. The van der Waals surface area contributed by atoms with E-state index in [0.29, 0.717) is 11.3 Å². The first kappa shape index (κ1) is 6.84. The van der Waals surface area contributed by atoms with Gasteiger partial charge in [0.05, 0.1) is 5.71 Å². The molecule has 2 rings (SSSR count). The number of ketones is 1. The van der Waals surface area contributed by atoms with Crippen molar-refractivity contribution >= 4 is 23.7 Å². The van der Waals surface area contributed by atoms with Crippen LogP contribution in [0.2, 0.25) is 0 Å². The fraction of sp³-hybridized carbons (Fsp3) is 0. The third-order valence-corrected chi connectivity index (χ3v) is 1.53. The lowest BCUT2D eigenvalue weighted by atomic mass is 10.0. The van der Waals surface area contributed by atoms with Crippen LogP contribution in [0.4, 0.5) is 4.79 Å². The molecule has 0 saturated carbocycles. The van der Waals surface area contributed by atoms with Crippen LogP contribution in [-0.4, -0.2) is 23.7 Å². The van der Waals surface area contributed by atoms with Crippen molar-refractivity contribution in [3.8, 4) is 0 Å². The number of nitrogens with zero attached hydrogens (tertiary/aromatic N) is 2. The Bertz CT molecular complexity index is 348. The first-order chi connectivity index (χ1) is 5.75. The summed E-state index contributed by atoms with van der Waals surface area (Å²) in [5.41, 5.74) is 1.11. The van der Waals surface area contributed by atoms with Gasteiger partial charge >= 0.3 is 6.03 Å². The predicted octanol–water partition coefficient (Wildman–Crippen LogP) is 0.697. The van der Waals surface area contributed by atoms with Crippen molar-refractivity contribution < 1.29 is 9.59 Å². The maximum atomic E-state index is 10.8. The summed E-state index contributed by atoms with van der Waals surface area (Å²) in [7, 11) is 0. The minimum absolute atomic E-state index is 0.107. The summed E-state index contributed by atoms with van der Waals surface area (Å²) in [6, 6.07) is -0.527. The summed E-state index contributed by atoms with van der Waals surface area (Å²) in [5.74, 6) is -0.107. The molecule has 2 amide bonds. The fourth-order valence-corrected chi connectivity index (χ4v) is 0.995. The van der Waals surface area contributed by atoms with Gasteiger partial charge in [-0.05, 0) is 18.2 Å². The van der Waals surface area contributed by atoms with Crippen LogP contribution in [0.25, 0.3) is 0 Å². The van der Waals surface area contributed by atoms with E-state index >= 15 is 0 Å². The summed E-state index contributed by atoms with van der Waals surface area (Å²) in [6.07, 6.45) is 5.64. The number of amides is 2. The van der Waals surface area contributed by atoms with E-state index in [1.54, 1.807) is 0 Å². The molecule has 0 fully saturated rings. The molecule has 0 bridgehead atoms. The number of hydrogen-bond donors (Lipinski definition) is 0. The van der Waals surface area contributed by atoms with Gasteiger partial charge in [0, 0.05) is 11.8 Å². The Morgan fingerprint density at radius 3 is 2.83 bits per heavy atom. The fourth-order valence-electron chi connectivity index (χ4n) is 0.995. The van der Waals surface area contributed by atoms with Gasteiger partial charge in [-0.3, -0.25) is 4.79 Å². The average Bonchev–Trinajstić information content (AvgIpc) is 2.05. The normalized spacial score (nSPS) is 20.3. The van der Waals surface area contributed by atoms with Crippen LogP contribution in [0.3, 0.4) is 0 Å². The second kappa shape index (κ2) is 2.34. The van der Waals surface area contributed by atoms with Crippen LogP contribution in [0.5, 0.6) is 0 Å². The Kier molecular flexibility index (Phi) is 1.33. The Labute approximate surface area is 68.0 Å². The number of allylic oxidation sites excluding steroid dienone is 4. The molecule has 12 heavy (non-hydrogen) atoms. The molecule has 1 aliphatic heterocycles. The first-order valence-electron chi connectivity index (χ1n) is 3.36. The first-order valence-corrected chi connectivity index (χ1v) is 3.36. The van der Waals surface area contributed by atoms with Crippen molar-refractivity contribution in [2.45, 2.75) is 0 Å². The monoisotopic (exact) mass is 160 g/mol. The van der Waals surface area contributed by atoms with Gasteiger partial charge in [-0.1, -0.05) is 0 Å². The molecule has 4 nitrogen and oxygen atoms in total. The summed E-state index contributed by atoms with van der Waals surface area (Å²) in [6.45, 7) is 0. The van der Waals surface area contributed by atoms with E-state index in [1.807, 2.05) is 0 Å². The zero-order chi connectivity index (χ0) is 8.55. The minimum atomic E-state index is -0.527. The number of rotatable bonds is 0. The smallest absolute Gasteiger partial charge is 0.290 e. The second-order valence-corrected chi connectivity index (χ2v) is 2.37. The van der Waals surface area contributed by atoms with Crippen LogP contribution in [0.15, 0.2) is 33.8 Å². The van der Waals surface area contributed by atoms with E-state index in [9.17, 15) is 9.59 Å². The molecule has 0 unspecified atom stereocenters.